The molecule has 1 amide bonds. The van der Waals surface area contributed by atoms with E-state index in [1.807, 2.05) is 19.2 Å². The highest BCUT2D eigenvalue weighted by atomic mass is 16.5. The Balaban J connectivity index is 2.51. The highest BCUT2D eigenvalue weighted by Gasteiger charge is 2.20. The van der Waals surface area contributed by atoms with Crippen LogP contribution in [0.4, 0.5) is 0 Å². The molecule has 3 N–H and O–H groups in total. The van der Waals surface area contributed by atoms with Crippen molar-refractivity contribution < 1.29 is 24.5 Å². The number of carbonyl (C=O) groups is 2. The smallest absolute Gasteiger partial charge is 0.322 e. The summed E-state index contributed by atoms with van der Waals surface area (Å²) in [6.07, 6.45) is 1.27. The Labute approximate surface area is 130 Å². The molecule has 122 valence electrons. The predicted octanol–water partition coefficient (Wildman–Crippen LogP) is 0.00170. The molecule has 0 spiro atoms. The van der Waals surface area contributed by atoms with Crippen LogP contribution >= 0.6 is 0 Å². The summed E-state index contributed by atoms with van der Waals surface area (Å²) >= 11 is 0. The number of nitrogens with one attached hydrogen (secondary N) is 1. The van der Waals surface area contributed by atoms with Crippen molar-refractivity contribution >= 4 is 17.5 Å². The van der Waals surface area contributed by atoms with E-state index in [1.54, 1.807) is 6.07 Å². The third-order valence-corrected chi connectivity index (χ3v) is 2.78. The predicted molar refractivity (Wildman–Crippen MR) is 78.9 cm³/mol. The van der Waals surface area contributed by atoms with Gasteiger partial charge >= 0.3 is 5.97 Å². The third-order valence-electron chi connectivity index (χ3n) is 2.78. The van der Waals surface area contributed by atoms with Crippen molar-refractivity contribution in [3.63, 3.8) is 0 Å². The topological polar surface area (TPSA) is 130 Å². The molecular formula is C14H15N3O6. The summed E-state index contributed by atoms with van der Waals surface area (Å²) in [5.41, 5.74) is -1.47. The molecule has 0 atom stereocenters. The van der Waals surface area contributed by atoms with E-state index in [1.165, 1.54) is 12.3 Å². The van der Waals surface area contributed by atoms with E-state index in [4.69, 9.17) is 9.84 Å². The fourth-order valence-electron chi connectivity index (χ4n) is 1.90. The van der Waals surface area contributed by atoms with Crippen LogP contribution in [-0.4, -0.2) is 44.1 Å². The van der Waals surface area contributed by atoms with E-state index in [0.29, 0.717) is 5.75 Å². The molecule has 0 aliphatic carbocycles. The summed E-state index contributed by atoms with van der Waals surface area (Å²) in [6.45, 7) is 2.95. The van der Waals surface area contributed by atoms with Gasteiger partial charge in [-0.1, -0.05) is 0 Å². The van der Waals surface area contributed by atoms with E-state index < -0.39 is 35.4 Å². The fourth-order valence-corrected chi connectivity index (χ4v) is 1.90. The van der Waals surface area contributed by atoms with Crippen LogP contribution in [0.15, 0.2) is 23.1 Å². The highest BCUT2D eigenvalue weighted by Crippen LogP contribution is 2.19. The van der Waals surface area contributed by atoms with Gasteiger partial charge in [-0.3, -0.25) is 18.8 Å². The molecule has 0 aromatic carbocycles. The van der Waals surface area contributed by atoms with Crippen molar-refractivity contribution in [1.82, 2.24) is 14.7 Å². The van der Waals surface area contributed by atoms with E-state index in [-0.39, 0.29) is 11.8 Å². The van der Waals surface area contributed by atoms with Crippen molar-refractivity contribution in [2.24, 2.45) is 0 Å². The summed E-state index contributed by atoms with van der Waals surface area (Å²) in [7, 11) is 0. The molecule has 2 aromatic heterocycles. The second-order valence-corrected chi connectivity index (χ2v) is 4.95. The maximum Gasteiger partial charge on any atom is 0.322 e. The number of ether oxygens (including phenoxy) is 1. The van der Waals surface area contributed by atoms with Gasteiger partial charge in [0.15, 0.2) is 5.56 Å². The summed E-state index contributed by atoms with van der Waals surface area (Å²) < 4.78 is 6.59. The molecule has 2 aromatic rings. The Morgan fingerprint density at radius 3 is 2.70 bits per heavy atom. The van der Waals surface area contributed by atoms with Crippen LogP contribution in [0.25, 0.3) is 5.65 Å². The summed E-state index contributed by atoms with van der Waals surface area (Å²) in [4.78, 5) is 37.9. The number of aliphatic carboxylic acids is 1. The molecule has 2 rings (SSSR count). The van der Waals surface area contributed by atoms with Gasteiger partial charge in [0.05, 0.1) is 12.3 Å². The number of hydrogen-bond donors (Lipinski definition) is 3. The van der Waals surface area contributed by atoms with Gasteiger partial charge < -0.3 is 20.3 Å². The lowest BCUT2D eigenvalue weighted by molar-refractivity contribution is -0.135. The van der Waals surface area contributed by atoms with Gasteiger partial charge in [0, 0.05) is 0 Å². The summed E-state index contributed by atoms with van der Waals surface area (Å²) in [5, 5.41) is 20.7. The normalized spacial score (nSPS) is 10.7. The van der Waals surface area contributed by atoms with Gasteiger partial charge in [-0.2, -0.15) is 4.98 Å². The van der Waals surface area contributed by atoms with Crippen LogP contribution in [0.2, 0.25) is 0 Å². The summed E-state index contributed by atoms with van der Waals surface area (Å²) in [6, 6.07) is 3.03. The number of rotatable bonds is 5. The second kappa shape index (κ2) is 6.34. The first-order chi connectivity index (χ1) is 10.8. The highest BCUT2D eigenvalue weighted by molar-refractivity contribution is 5.97. The maximum absolute atomic E-state index is 11.9. The van der Waals surface area contributed by atoms with Gasteiger partial charge in [-0.15, -0.1) is 0 Å². The second-order valence-electron chi connectivity index (χ2n) is 4.95. The van der Waals surface area contributed by atoms with E-state index >= 15 is 0 Å². The van der Waals surface area contributed by atoms with Gasteiger partial charge in [-0.25, -0.2) is 0 Å². The Morgan fingerprint density at radius 2 is 2.09 bits per heavy atom. The average molecular weight is 321 g/mol. The van der Waals surface area contributed by atoms with Crippen molar-refractivity contribution in [3.05, 3.63) is 34.2 Å². The third kappa shape index (κ3) is 3.57. The maximum atomic E-state index is 11.9. The van der Waals surface area contributed by atoms with Crippen LogP contribution in [0.1, 0.15) is 24.2 Å². The minimum absolute atomic E-state index is 0.111. The molecule has 9 nitrogen and oxygen atoms in total. The van der Waals surface area contributed by atoms with Crippen molar-refractivity contribution in [2.45, 2.75) is 20.0 Å². The first-order valence-corrected chi connectivity index (χ1v) is 6.71. The lowest BCUT2D eigenvalue weighted by Gasteiger charge is -2.12. The molecule has 2 heterocycles. The quantitative estimate of drug-likeness (QED) is 0.706. The molecule has 0 aliphatic rings. The fraction of sp³-hybridized carbons (Fsp3) is 0.286. The number of carbonyl (C=O) groups excluding carboxylic acids is 1. The zero-order valence-electron chi connectivity index (χ0n) is 12.4. The van der Waals surface area contributed by atoms with E-state index in [2.05, 4.69) is 4.98 Å². The van der Waals surface area contributed by atoms with E-state index in [0.717, 1.165) is 4.40 Å². The Kier molecular flexibility index (Phi) is 4.49. The SMILES string of the molecule is CC(C)Oc1ccc2nc(=O)c(C(=O)NCC(=O)O)c(O)n2c1. The molecule has 0 radical (unpaired) electrons. The van der Waals surface area contributed by atoms with Crippen LogP contribution in [0, 0.1) is 0 Å². The van der Waals surface area contributed by atoms with Crippen LogP contribution in [-0.2, 0) is 4.79 Å². The molecule has 0 saturated carbocycles. The number of carboxylic acids is 1. The van der Waals surface area contributed by atoms with Crippen molar-refractivity contribution in [3.8, 4) is 11.6 Å². The number of amides is 1. The minimum atomic E-state index is -1.28. The Hall–Kier alpha value is -3.10. The first kappa shape index (κ1) is 16.3. The molecule has 0 unspecified atom stereocenters. The molecule has 23 heavy (non-hydrogen) atoms. The average Bonchev–Trinajstić information content (AvgIpc) is 2.45. The lowest BCUT2D eigenvalue weighted by Crippen LogP contribution is -2.34. The van der Waals surface area contributed by atoms with Crippen LogP contribution in [0.3, 0.4) is 0 Å². The first-order valence-electron chi connectivity index (χ1n) is 6.71. The summed E-state index contributed by atoms with van der Waals surface area (Å²) in [5.74, 6) is -2.53. The molecule has 0 bridgehead atoms. The number of nitrogens with zero attached hydrogens (tertiary/aromatic N) is 2. The van der Waals surface area contributed by atoms with Gasteiger partial charge in [-0.05, 0) is 26.0 Å². The number of pyridine rings is 1. The number of fused-ring (bicyclic) bond motifs is 1. The van der Waals surface area contributed by atoms with Crippen LogP contribution < -0.4 is 15.6 Å². The Bertz CT molecular complexity index is 827. The monoisotopic (exact) mass is 321 g/mol. The molecule has 0 fully saturated rings. The largest absolute Gasteiger partial charge is 0.493 e. The molecule has 0 aliphatic heterocycles. The zero-order chi connectivity index (χ0) is 17.1. The van der Waals surface area contributed by atoms with Crippen LogP contribution in [0.5, 0.6) is 11.6 Å². The van der Waals surface area contributed by atoms with Crippen molar-refractivity contribution in [2.75, 3.05) is 6.54 Å². The van der Waals surface area contributed by atoms with Crippen molar-refractivity contribution in [1.29, 1.82) is 0 Å². The molecule has 9 heteroatoms. The van der Waals surface area contributed by atoms with Gasteiger partial charge in [0.1, 0.15) is 17.9 Å². The molecule has 0 saturated heterocycles. The number of hydrogen-bond acceptors (Lipinski definition) is 6. The van der Waals surface area contributed by atoms with E-state index in [9.17, 15) is 19.5 Å². The van der Waals surface area contributed by atoms with Gasteiger partial charge in [0.25, 0.3) is 11.5 Å². The zero-order valence-corrected chi connectivity index (χ0v) is 12.4. The standard InChI is InChI=1S/C14H15N3O6/c1-7(2)23-8-3-4-9-16-13(21)11(14(22)17(9)6-8)12(20)15-5-10(18)19/h3-4,6-7,22H,5H2,1-2H3,(H,15,20)(H,18,19). The number of aromatic nitrogens is 2. The lowest BCUT2D eigenvalue weighted by atomic mass is 10.2. The number of carboxylic acid groups (broad SMARTS) is 1. The minimum Gasteiger partial charge on any atom is -0.493 e. The molecular weight excluding hydrogens is 306 g/mol. The van der Waals surface area contributed by atoms with Gasteiger partial charge in [0.2, 0.25) is 5.88 Å². The number of aromatic hydroxyl groups is 1. The Morgan fingerprint density at radius 1 is 1.39 bits per heavy atom.